The van der Waals surface area contributed by atoms with Crippen molar-refractivity contribution >= 4 is 17.8 Å². The standard InChI is InChI=1S/C19H27N3O3/c1-4-5-6-13-7-9-14(10-8-13)17(12(2)3)21-16(23)11-15-18(24)22-19(25)20-15/h7-10,12,15,17H,4-6,11H2,1-3H3,(H,21,23)(H2,20,22,24,25)/t15-,17+/m1/s1. The fraction of sp³-hybridized carbons (Fsp3) is 0.526. The number of unbranched alkanes of at least 4 members (excludes halogenated alkanes) is 1. The molecule has 1 aromatic carbocycles. The smallest absolute Gasteiger partial charge is 0.322 e. The monoisotopic (exact) mass is 345 g/mol. The summed E-state index contributed by atoms with van der Waals surface area (Å²) in [6.07, 6.45) is 3.33. The maximum atomic E-state index is 12.3. The number of rotatable bonds is 8. The topological polar surface area (TPSA) is 87.3 Å². The summed E-state index contributed by atoms with van der Waals surface area (Å²) < 4.78 is 0. The van der Waals surface area contributed by atoms with E-state index in [0.717, 1.165) is 18.4 Å². The maximum Gasteiger partial charge on any atom is 0.322 e. The van der Waals surface area contributed by atoms with Crippen LogP contribution in [0.1, 0.15) is 57.2 Å². The third-order valence-corrected chi connectivity index (χ3v) is 4.39. The van der Waals surface area contributed by atoms with E-state index in [0.29, 0.717) is 0 Å². The predicted octanol–water partition coefficient (Wildman–Crippen LogP) is 2.44. The van der Waals surface area contributed by atoms with E-state index < -0.39 is 18.0 Å². The first-order valence-electron chi connectivity index (χ1n) is 8.90. The van der Waals surface area contributed by atoms with Gasteiger partial charge in [0.1, 0.15) is 6.04 Å². The summed E-state index contributed by atoms with van der Waals surface area (Å²) in [6.45, 7) is 6.26. The first kappa shape index (κ1) is 19.0. The minimum atomic E-state index is -0.795. The fourth-order valence-electron chi connectivity index (χ4n) is 2.93. The molecular formula is C19H27N3O3. The van der Waals surface area contributed by atoms with Crippen LogP contribution in [0.3, 0.4) is 0 Å². The van der Waals surface area contributed by atoms with Crippen LogP contribution in [0, 0.1) is 5.92 Å². The Morgan fingerprint density at radius 2 is 1.88 bits per heavy atom. The van der Waals surface area contributed by atoms with Crippen LogP contribution in [-0.2, 0) is 16.0 Å². The molecule has 6 nitrogen and oxygen atoms in total. The first-order valence-corrected chi connectivity index (χ1v) is 8.90. The van der Waals surface area contributed by atoms with Gasteiger partial charge in [0.25, 0.3) is 5.91 Å². The summed E-state index contributed by atoms with van der Waals surface area (Å²) in [7, 11) is 0. The van der Waals surface area contributed by atoms with Gasteiger partial charge in [-0.2, -0.15) is 0 Å². The number of amides is 4. The number of carbonyl (C=O) groups is 3. The maximum absolute atomic E-state index is 12.3. The highest BCUT2D eigenvalue weighted by atomic mass is 16.2. The van der Waals surface area contributed by atoms with Crippen molar-refractivity contribution in [2.75, 3.05) is 0 Å². The van der Waals surface area contributed by atoms with E-state index in [1.165, 1.54) is 12.0 Å². The van der Waals surface area contributed by atoms with Gasteiger partial charge >= 0.3 is 6.03 Å². The quantitative estimate of drug-likeness (QED) is 0.632. The highest BCUT2D eigenvalue weighted by Crippen LogP contribution is 2.23. The second-order valence-corrected chi connectivity index (χ2v) is 6.85. The average molecular weight is 345 g/mol. The van der Waals surface area contributed by atoms with Crippen molar-refractivity contribution in [1.29, 1.82) is 0 Å². The number of hydrogen-bond donors (Lipinski definition) is 3. The lowest BCUT2D eigenvalue weighted by molar-refractivity contribution is -0.127. The number of imide groups is 1. The summed E-state index contributed by atoms with van der Waals surface area (Å²) in [4.78, 5) is 35.0. The molecule has 25 heavy (non-hydrogen) atoms. The Labute approximate surface area is 148 Å². The molecule has 0 bridgehead atoms. The summed E-state index contributed by atoms with van der Waals surface area (Å²) in [5.74, 6) is -0.505. The Bertz CT molecular complexity index is 625. The normalized spacial score (nSPS) is 18.0. The highest BCUT2D eigenvalue weighted by Gasteiger charge is 2.32. The van der Waals surface area contributed by atoms with Gasteiger partial charge in [0, 0.05) is 0 Å². The molecule has 1 aliphatic rings. The Balaban J connectivity index is 1.99. The van der Waals surface area contributed by atoms with Crippen molar-refractivity contribution in [3.63, 3.8) is 0 Å². The second kappa shape index (κ2) is 8.65. The van der Waals surface area contributed by atoms with E-state index in [4.69, 9.17) is 0 Å². The van der Waals surface area contributed by atoms with E-state index in [9.17, 15) is 14.4 Å². The zero-order chi connectivity index (χ0) is 18.4. The molecule has 1 heterocycles. The second-order valence-electron chi connectivity index (χ2n) is 6.85. The Hall–Kier alpha value is -2.37. The van der Waals surface area contributed by atoms with Gasteiger partial charge < -0.3 is 10.6 Å². The summed E-state index contributed by atoms with van der Waals surface area (Å²) in [6, 6.07) is 6.85. The molecule has 1 fully saturated rings. The SMILES string of the molecule is CCCCc1ccc([C@@H](NC(=O)C[C@H]2NC(=O)NC2=O)C(C)C)cc1. The molecule has 136 valence electrons. The van der Waals surface area contributed by atoms with Crippen LogP contribution in [0.5, 0.6) is 0 Å². The van der Waals surface area contributed by atoms with Crippen LogP contribution in [0.25, 0.3) is 0 Å². The molecule has 0 spiro atoms. The molecule has 1 aliphatic heterocycles. The van der Waals surface area contributed by atoms with Crippen LogP contribution in [0.15, 0.2) is 24.3 Å². The van der Waals surface area contributed by atoms with Crippen molar-refractivity contribution < 1.29 is 14.4 Å². The molecule has 3 N–H and O–H groups in total. The number of nitrogens with one attached hydrogen (secondary N) is 3. The molecule has 0 aromatic heterocycles. The molecule has 4 amide bonds. The van der Waals surface area contributed by atoms with Crippen LogP contribution < -0.4 is 16.0 Å². The minimum Gasteiger partial charge on any atom is -0.349 e. The van der Waals surface area contributed by atoms with Crippen molar-refractivity contribution in [3.05, 3.63) is 35.4 Å². The molecule has 1 saturated heterocycles. The number of hydrogen-bond acceptors (Lipinski definition) is 3. The van der Waals surface area contributed by atoms with E-state index in [1.54, 1.807) is 0 Å². The van der Waals surface area contributed by atoms with Gasteiger partial charge in [-0.3, -0.25) is 14.9 Å². The summed E-state index contributed by atoms with van der Waals surface area (Å²) >= 11 is 0. The van der Waals surface area contributed by atoms with Gasteiger partial charge in [-0.15, -0.1) is 0 Å². The third-order valence-electron chi connectivity index (χ3n) is 4.39. The Morgan fingerprint density at radius 3 is 2.40 bits per heavy atom. The minimum absolute atomic E-state index is 0.0601. The lowest BCUT2D eigenvalue weighted by Crippen LogP contribution is -2.38. The summed E-state index contributed by atoms with van der Waals surface area (Å²) in [5, 5.41) is 7.56. The van der Waals surface area contributed by atoms with Gasteiger partial charge in [0.05, 0.1) is 12.5 Å². The van der Waals surface area contributed by atoms with E-state index in [2.05, 4.69) is 47.1 Å². The number of benzene rings is 1. The number of carbonyl (C=O) groups excluding carboxylic acids is 3. The predicted molar refractivity (Wildman–Crippen MR) is 95.9 cm³/mol. The molecule has 0 saturated carbocycles. The van der Waals surface area contributed by atoms with Gasteiger partial charge in [-0.05, 0) is 29.9 Å². The van der Waals surface area contributed by atoms with Crippen LogP contribution in [-0.4, -0.2) is 23.9 Å². The van der Waals surface area contributed by atoms with Gasteiger partial charge in [0.2, 0.25) is 5.91 Å². The van der Waals surface area contributed by atoms with E-state index in [1.807, 2.05) is 13.8 Å². The highest BCUT2D eigenvalue weighted by molar-refractivity contribution is 6.05. The van der Waals surface area contributed by atoms with Crippen LogP contribution in [0.4, 0.5) is 4.79 Å². The fourth-order valence-corrected chi connectivity index (χ4v) is 2.93. The zero-order valence-corrected chi connectivity index (χ0v) is 15.1. The summed E-state index contributed by atoms with van der Waals surface area (Å²) in [5.41, 5.74) is 2.34. The first-order chi connectivity index (χ1) is 11.9. The van der Waals surface area contributed by atoms with Gasteiger partial charge in [-0.1, -0.05) is 51.5 Å². The third kappa shape index (κ3) is 5.31. The van der Waals surface area contributed by atoms with Gasteiger partial charge in [-0.25, -0.2) is 4.79 Å². The van der Waals surface area contributed by atoms with Crippen molar-refractivity contribution in [3.8, 4) is 0 Å². The lowest BCUT2D eigenvalue weighted by Gasteiger charge is -2.23. The zero-order valence-electron chi connectivity index (χ0n) is 15.1. The van der Waals surface area contributed by atoms with Gasteiger partial charge in [0.15, 0.2) is 0 Å². The Morgan fingerprint density at radius 1 is 1.20 bits per heavy atom. The van der Waals surface area contributed by atoms with Crippen molar-refractivity contribution in [1.82, 2.24) is 16.0 Å². The van der Waals surface area contributed by atoms with Crippen molar-refractivity contribution in [2.45, 2.75) is 58.5 Å². The molecule has 0 radical (unpaired) electrons. The Kier molecular flexibility index (Phi) is 6.56. The van der Waals surface area contributed by atoms with Crippen molar-refractivity contribution in [2.24, 2.45) is 5.92 Å². The molecule has 0 aliphatic carbocycles. The van der Waals surface area contributed by atoms with Crippen LogP contribution >= 0.6 is 0 Å². The molecule has 1 aromatic rings. The molecular weight excluding hydrogens is 318 g/mol. The number of aryl methyl sites for hydroxylation is 1. The van der Waals surface area contributed by atoms with E-state index in [-0.39, 0.29) is 24.3 Å². The largest absolute Gasteiger partial charge is 0.349 e. The van der Waals surface area contributed by atoms with Crippen LogP contribution in [0.2, 0.25) is 0 Å². The van der Waals surface area contributed by atoms with E-state index >= 15 is 0 Å². The number of urea groups is 1. The molecule has 2 rings (SSSR count). The lowest BCUT2D eigenvalue weighted by atomic mass is 9.94. The molecule has 6 heteroatoms. The molecule has 0 unspecified atom stereocenters. The average Bonchev–Trinajstić information content (AvgIpc) is 2.88. The molecule has 2 atom stereocenters.